The first-order valence-corrected chi connectivity index (χ1v) is 8.98. The van der Waals surface area contributed by atoms with Crippen molar-refractivity contribution < 1.29 is 9.21 Å². The van der Waals surface area contributed by atoms with Crippen LogP contribution in [-0.2, 0) is 0 Å². The van der Waals surface area contributed by atoms with Gasteiger partial charge in [0.1, 0.15) is 5.56 Å². The maximum Gasteiger partial charge on any atom is 0.254 e. The Hall–Kier alpha value is -3.67. The molecule has 0 aliphatic heterocycles. The van der Waals surface area contributed by atoms with E-state index in [1.165, 1.54) is 0 Å². The molecule has 1 aliphatic rings. The lowest BCUT2D eigenvalue weighted by atomic mass is 10.1. The van der Waals surface area contributed by atoms with E-state index in [0.717, 1.165) is 24.1 Å². The zero-order chi connectivity index (χ0) is 19.7. The van der Waals surface area contributed by atoms with Gasteiger partial charge >= 0.3 is 0 Å². The Labute approximate surface area is 161 Å². The molecule has 142 valence electrons. The van der Waals surface area contributed by atoms with Crippen LogP contribution in [0.15, 0.2) is 34.9 Å². The highest BCUT2D eigenvalue weighted by Crippen LogP contribution is 2.41. The number of carbonyl (C=O) groups excluding carboxylic acids is 1. The molecule has 1 fully saturated rings. The molecular weight excluding hydrogens is 358 g/mol. The molecule has 2 aromatic heterocycles. The molecule has 0 spiro atoms. The quantitative estimate of drug-likeness (QED) is 0.646. The third kappa shape index (κ3) is 3.57. The number of nitriles is 1. The molecule has 9 heteroatoms. The number of nitrogens with one attached hydrogen (secondary N) is 1. The van der Waals surface area contributed by atoms with Gasteiger partial charge in [0.25, 0.3) is 5.91 Å². The standard InChI is InChI=1S/C19H19N7O2/c1-11-23-24-19(28-11)13-4-6-14(7-5-13)22-18-15(17(21)27)10-26(25-18)16(8-9-20)12-2-3-12/h4-7,10,12,16H,2-3,8H2,1H3,(H2,21,27)(H,22,25). The van der Waals surface area contributed by atoms with Gasteiger partial charge in [0.05, 0.1) is 18.5 Å². The normalized spacial score (nSPS) is 14.4. The third-order valence-corrected chi connectivity index (χ3v) is 4.72. The third-order valence-electron chi connectivity index (χ3n) is 4.72. The zero-order valence-electron chi connectivity index (χ0n) is 15.3. The summed E-state index contributed by atoms with van der Waals surface area (Å²) in [4.78, 5) is 11.9. The lowest BCUT2D eigenvalue weighted by Crippen LogP contribution is -2.12. The SMILES string of the molecule is Cc1nnc(-c2ccc(Nc3nn(C(CC#N)C4CC4)cc3C(N)=O)cc2)o1. The van der Waals surface area contributed by atoms with Crippen molar-refractivity contribution in [2.45, 2.75) is 32.2 Å². The van der Waals surface area contributed by atoms with Crippen molar-refractivity contribution in [3.63, 3.8) is 0 Å². The lowest BCUT2D eigenvalue weighted by molar-refractivity contribution is 0.100. The van der Waals surface area contributed by atoms with Crippen molar-refractivity contribution in [2.75, 3.05) is 5.32 Å². The first-order valence-electron chi connectivity index (χ1n) is 8.98. The van der Waals surface area contributed by atoms with Gasteiger partial charge in [-0.25, -0.2) is 0 Å². The predicted octanol–water partition coefficient (Wildman–Crippen LogP) is 2.95. The van der Waals surface area contributed by atoms with E-state index in [9.17, 15) is 4.79 Å². The molecule has 1 unspecified atom stereocenters. The van der Waals surface area contributed by atoms with Gasteiger partial charge in [0.2, 0.25) is 11.8 Å². The fourth-order valence-electron chi connectivity index (χ4n) is 3.13. The largest absolute Gasteiger partial charge is 0.421 e. The van der Waals surface area contributed by atoms with Crippen LogP contribution in [-0.4, -0.2) is 25.9 Å². The average molecular weight is 377 g/mol. The summed E-state index contributed by atoms with van der Waals surface area (Å²) in [7, 11) is 0. The number of aromatic nitrogens is 4. The van der Waals surface area contributed by atoms with Crippen LogP contribution in [0.4, 0.5) is 11.5 Å². The van der Waals surface area contributed by atoms with Crippen LogP contribution in [0.2, 0.25) is 0 Å². The zero-order valence-corrected chi connectivity index (χ0v) is 15.3. The fraction of sp³-hybridized carbons (Fsp3) is 0.316. The summed E-state index contributed by atoms with van der Waals surface area (Å²) in [6.45, 7) is 1.73. The van der Waals surface area contributed by atoms with Gasteiger partial charge in [-0.15, -0.1) is 10.2 Å². The van der Waals surface area contributed by atoms with Gasteiger partial charge in [-0.2, -0.15) is 10.4 Å². The van der Waals surface area contributed by atoms with Crippen LogP contribution in [0.1, 0.15) is 41.6 Å². The van der Waals surface area contributed by atoms with Crippen molar-refractivity contribution in [3.05, 3.63) is 41.9 Å². The minimum absolute atomic E-state index is 0.0400. The van der Waals surface area contributed by atoms with E-state index in [4.69, 9.17) is 15.4 Å². The molecule has 0 bridgehead atoms. The number of hydrogen-bond donors (Lipinski definition) is 2. The van der Waals surface area contributed by atoms with Gasteiger partial charge in [-0.1, -0.05) is 0 Å². The molecule has 0 saturated heterocycles. The molecule has 1 atom stereocenters. The second-order valence-corrected chi connectivity index (χ2v) is 6.83. The number of benzene rings is 1. The molecule has 1 saturated carbocycles. The Morgan fingerprint density at radius 1 is 1.39 bits per heavy atom. The van der Waals surface area contributed by atoms with Crippen LogP contribution in [0, 0.1) is 24.2 Å². The summed E-state index contributed by atoms with van der Waals surface area (Å²) < 4.78 is 7.11. The van der Waals surface area contributed by atoms with Crippen molar-refractivity contribution in [1.82, 2.24) is 20.0 Å². The van der Waals surface area contributed by atoms with Gasteiger partial charge in [-0.05, 0) is 43.0 Å². The van der Waals surface area contributed by atoms with Crippen LogP contribution < -0.4 is 11.1 Å². The van der Waals surface area contributed by atoms with Gasteiger partial charge in [-0.3, -0.25) is 9.48 Å². The van der Waals surface area contributed by atoms with E-state index in [2.05, 4.69) is 26.7 Å². The molecule has 28 heavy (non-hydrogen) atoms. The molecular formula is C19H19N7O2. The molecule has 3 aromatic rings. The minimum Gasteiger partial charge on any atom is -0.421 e. The number of amides is 1. The monoisotopic (exact) mass is 377 g/mol. The number of primary amides is 1. The number of carbonyl (C=O) groups is 1. The molecule has 1 amide bonds. The van der Waals surface area contributed by atoms with Gasteiger partial charge < -0.3 is 15.5 Å². The molecule has 1 aromatic carbocycles. The second kappa shape index (κ2) is 7.15. The highest BCUT2D eigenvalue weighted by molar-refractivity contribution is 5.98. The number of aryl methyl sites for hydroxylation is 1. The van der Waals surface area contributed by atoms with Crippen molar-refractivity contribution >= 4 is 17.4 Å². The molecule has 2 heterocycles. The molecule has 0 radical (unpaired) electrons. The highest BCUT2D eigenvalue weighted by atomic mass is 16.4. The van der Waals surface area contributed by atoms with Crippen molar-refractivity contribution in [1.29, 1.82) is 5.26 Å². The predicted molar refractivity (Wildman–Crippen MR) is 100 cm³/mol. The Bertz CT molecular complexity index is 1040. The number of anilines is 2. The highest BCUT2D eigenvalue weighted by Gasteiger charge is 2.33. The Balaban J connectivity index is 1.58. The smallest absolute Gasteiger partial charge is 0.254 e. The lowest BCUT2D eigenvalue weighted by Gasteiger charge is -2.12. The summed E-state index contributed by atoms with van der Waals surface area (Å²) >= 11 is 0. The Morgan fingerprint density at radius 2 is 2.14 bits per heavy atom. The van der Waals surface area contributed by atoms with E-state index < -0.39 is 5.91 Å². The summed E-state index contributed by atoms with van der Waals surface area (Å²) in [5, 5.41) is 24.5. The first kappa shape index (κ1) is 17.7. The van der Waals surface area contributed by atoms with Gasteiger partial charge in [0.15, 0.2) is 5.82 Å². The second-order valence-electron chi connectivity index (χ2n) is 6.83. The van der Waals surface area contributed by atoms with E-state index >= 15 is 0 Å². The molecule has 4 rings (SSSR count). The number of rotatable bonds is 7. The summed E-state index contributed by atoms with van der Waals surface area (Å²) in [6.07, 6.45) is 4.11. The minimum atomic E-state index is -0.571. The van der Waals surface area contributed by atoms with Crippen LogP contribution >= 0.6 is 0 Å². The van der Waals surface area contributed by atoms with Crippen LogP contribution in [0.3, 0.4) is 0 Å². The summed E-state index contributed by atoms with van der Waals surface area (Å²) in [5.74, 6) is 1.16. The molecule has 9 nitrogen and oxygen atoms in total. The molecule has 1 aliphatic carbocycles. The number of nitrogens with two attached hydrogens (primary N) is 1. The van der Waals surface area contributed by atoms with E-state index in [-0.39, 0.29) is 6.04 Å². The maximum atomic E-state index is 11.9. The average Bonchev–Trinajstić information content (AvgIpc) is 3.29. The van der Waals surface area contributed by atoms with E-state index in [1.54, 1.807) is 17.8 Å². The van der Waals surface area contributed by atoms with Crippen molar-refractivity contribution in [2.24, 2.45) is 11.7 Å². The molecule has 3 N–H and O–H groups in total. The fourth-order valence-corrected chi connectivity index (χ4v) is 3.13. The number of nitrogens with zero attached hydrogens (tertiary/aromatic N) is 5. The Kier molecular flexibility index (Phi) is 4.53. The van der Waals surface area contributed by atoms with Crippen LogP contribution in [0.5, 0.6) is 0 Å². The van der Waals surface area contributed by atoms with Gasteiger partial charge in [0, 0.05) is 24.4 Å². The first-order chi connectivity index (χ1) is 13.5. The van der Waals surface area contributed by atoms with E-state index in [1.807, 2.05) is 24.3 Å². The number of hydrogen-bond acceptors (Lipinski definition) is 7. The Morgan fingerprint density at radius 3 is 2.71 bits per heavy atom. The van der Waals surface area contributed by atoms with Crippen molar-refractivity contribution in [3.8, 4) is 17.5 Å². The van der Waals surface area contributed by atoms with Crippen LogP contribution in [0.25, 0.3) is 11.5 Å². The van der Waals surface area contributed by atoms with E-state index in [0.29, 0.717) is 35.5 Å². The summed E-state index contributed by atoms with van der Waals surface area (Å²) in [5.41, 5.74) is 7.34. The topological polar surface area (TPSA) is 136 Å². The maximum absolute atomic E-state index is 11.9. The summed E-state index contributed by atoms with van der Waals surface area (Å²) in [6, 6.07) is 9.48.